The minimum absolute atomic E-state index is 0.177. The molecule has 0 unspecified atom stereocenters. The summed E-state index contributed by atoms with van der Waals surface area (Å²) in [7, 11) is 3.39. The molecule has 334 valence electrons. The van der Waals surface area contributed by atoms with Crippen LogP contribution < -0.4 is 32.2 Å². The summed E-state index contributed by atoms with van der Waals surface area (Å²) in [4.78, 5) is 62.0. The minimum atomic E-state index is -0.632. The number of unbranched alkanes of at least 4 members (excludes halogenated alkanes) is 2. The van der Waals surface area contributed by atoms with Crippen molar-refractivity contribution < 1.29 is 28.7 Å². The second kappa shape index (κ2) is 18.9. The molecule has 0 atom stereocenters. The van der Waals surface area contributed by atoms with Gasteiger partial charge in [-0.15, -0.1) is 0 Å². The van der Waals surface area contributed by atoms with Gasteiger partial charge in [0.15, 0.2) is 0 Å². The largest absolute Gasteiger partial charge is 0.497 e. The molecular formula is C46H54N12O6. The van der Waals surface area contributed by atoms with E-state index in [1.165, 1.54) is 0 Å². The minimum Gasteiger partial charge on any atom is -0.497 e. The van der Waals surface area contributed by atoms with Gasteiger partial charge in [-0.3, -0.25) is 28.5 Å². The van der Waals surface area contributed by atoms with Crippen LogP contribution in [-0.4, -0.2) is 68.6 Å². The normalized spacial score (nSPS) is 12.2. The van der Waals surface area contributed by atoms with Gasteiger partial charge >= 0.3 is 0 Å². The van der Waals surface area contributed by atoms with Crippen molar-refractivity contribution in [3.05, 3.63) is 117 Å². The first-order chi connectivity index (χ1) is 30.8. The number of aromatic nitrogens is 8. The molecule has 7 aromatic rings. The van der Waals surface area contributed by atoms with Crippen LogP contribution in [0.1, 0.15) is 98.7 Å². The number of nitrogens with two attached hydrogens (primary N) is 2. The molecule has 7 rings (SSSR count). The number of carbonyl (C=O) groups is 4. The molecule has 0 bridgehead atoms. The summed E-state index contributed by atoms with van der Waals surface area (Å²) in [5, 5.41) is 8.90. The Morgan fingerprint density at radius 3 is 1.78 bits per heavy atom. The molecule has 18 heteroatoms. The molecule has 0 aliphatic rings. The summed E-state index contributed by atoms with van der Waals surface area (Å²) in [6, 6.07) is 19.5. The Balaban J connectivity index is 1.26. The van der Waals surface area contributed by atoms with Crippen molar-refractivity contribution >= 4 is 45.7 Å². The lowest BCUT2D eigenvalue weighted by molar-refractivity contribution is 0.0977. The van der Waals surface area contributed by atoms with Gasteiger partial charge in [-0.2, -0.15) is 20.2 Å². The van der Waals surface area contributed by atoms with E-state index in [-0.39, 0.29) is 12.2 Å². The van der Waals surface area contributed by atoms with Crippen LogP contribution in [0, 0.1) is 13.8 Å². The predicted octanol–water partition coefficient (Wildman–Crippen LogP) is 4.94. The maximum atomic E-state index is 13.9. The van der Waals surface area contributed by atoms with E-state index in [9.17, 15) is 19.2 Å². The predicted molar refractivity (Wildman–Crippen MR) is 240 cm³/mol. The highest BCUT2D eigenvalue weighted by Gasteiger charge is 2.22. The van der Waals surface area contributed by atoms with Gasteiger partial charge in [-0.25, -0.2) is 0 Å². The Morgan fingerprint density at radius 1 is 0.641 bits per heavy atom. The Labute approximate surface area is 369 Å². The van der Waals surface area contributed by atoms with Gasteiger partial charge < -0.3 is 39.2 Å². The Morgan fingerprint density at radius 2 is 1.22 bits per heavy atom. The smallest absolute Gasteiger partial charge is 0.298 e. The molecule has 4 aromatic heterocycles. The number of fused-ring (bicyclic) bond motifs is 2. The molecule has 3 aromatic carbocycles. The molecule has 0 aliphatic heterocycles. The average molecular weight is 871 g/mol. The third-order valence-corrected chi connectivity index (χ3v) is 11.2. The second-order valence-corrected chi connectivity index (χ2v) is 15.5. The van der Waals surface area contributed by atoms with Gasteiger partial charge in [0.2, 0.25) is 23.1 Å². The average Bonchev–Trinajstić information content (AvgIpc) is 4.02. The van der Waals surface area contributed by atoms with Crippen LogP contribution in [0.25, 0.3) is 22.1 Å². The molecule has 4 N–H and O–H groups in total. The molecular weight excluding hydrogens is 817 g/mol. The summed E-state index contributed by atoms with van der Waals surface area (Å²) >= 11 is 0. The fraction of sp³-hybridized carbons (Fsp3) is 0.348. The zero-order chi connectivity index (χ0) is 45.8. The molecule has 0 spiro atoms. The second-order valence-electron chi connectivity index (χ2n) is 15.5. The number of hydrogen-bond donors (Lipinski definition) is 2. The van der Waals surface area contributed by atoms with Gasteiger partial charge in [0.05, 0.1) is 35.0 Å². The van der Waals surface area contributed by atoms with Crippen LogP contribution in [0.15, 0.2) is 76.7 Å². The van der Waals surface area contributed by atoms with E-state index < -0.39 is 23.6 Å². The highest BCUT2D eigenvalue weighted by Crippen LogP contribution is 2.29. The van der Waals surface area contributed by atoms with E-state index in [0.717, 1.165) is 16.6 Å². The number of hydrogen-bond acceptors (Lipinski definition) is 8. The van der Waals surface area contributed by atoms with Crippen molar-refractivity contribution in [1.29, 1.82) is 0 Å². The van der Waals surface area contributed by atoms with Crippen molar-refractivity contribution in [2.75, 3.05) is 7.11 Å². The summed E-state index contributed by atoms with van der Waals surface area (Å²) in [5.74, 6) is -0.978. The van der Waals surface area contributed by atoms with E-state index in [1.807, 2.05) is 78.7 Å². The first-order valence-electron chi connectivity index (χ1n) is 21.3. The fourth-order valence-corrected chi connectivity index (χ4v) is 8.06. The van der Waals surface area contributed by atoms with Crippen LogP contribution in [0.3, 0.4) is 0 Å². The summed E-state index contributed by atoms with van der Waals surface area (Å²) in [5.41, 5.74) is 18.7. The number of benzene rings is 3. The maximum Gasteiger partial charge on any atom is 0.298 e. The quantitative estimate of drug-likeness (QED) is 0.119. The van der Waals surface area contributed by atoms with Gasteiger partial charge in [-0.05, 0) is 114 Å². The van der Waals surface area contributed by atoms with E-state index in [2.05, 4.69) is 20.2 Å². The number of amides is 4. The Kier molecular flexibility index (Phi) is 13.1. The number of methoxy groups -OCH3 is 1. The fourth-order valence-electron chi connectivity index (χ4n) is 8.06. The lowest BCUT2D eigenvalue weighted by Crippen LogP contribution is -2.28. The van der Waals surface area contributed by atoms with E-state index in [1.54, 1.807) is 64.5 Å². The van der Waals surface area contributed by atoms with Crippen molar-refractivity contribution in [2.24, 2.45) is 28.5 Å². The molecule has 0 aliphatic carbocycles. The molecule has 0 saturated heterocycles. The Hall–Kier alpha value is -7.50. The zero-order valence-corrected chi connectivity index (χ0v) is 37.3. The molecule has 64 heavy (non-hydrogen) atoms. The van der Waals surface area contributed by atoms with Gasteiger partial charge in [0.25, 0.3) is 11.8 Å². The number of aryl methyl sites for hydroxylation is 8. The lowest BCUT2D eigenvalue weighted by atomic mass is 10.1. The van der Waals surface area contributed by atoms with E-state index in [4.69, 9.17) is 20.9 Å². The topological polar surface area (TPSA) is 219 Å². The van der Waals surface area contributed by atoms with Crippen LogP contribution in [0.2, 0.25) is 0 Å². The number of ether oxygens (including phenoxy) is 2. The summed E-state index contributed by atoms with van der Waals surface area (Å²) in [6.07, 6.45) is 2.02. The maximum absolute atomic E-state index is 13.9. The first kappa shape index (κ1) is 44.6. The SMILES string of the molecule is CCn1nc(C)cc1C(=O)/N=c1\n(CC)c2cc(C(N)=O)ccc2n1CCCCCn1/c(=N/C(=O)c2cc(C)nn2CC)n(C)c2cc(C(N)=O)cc(OCc3ccc(OC)cc3)c21. The number of carbonyl (C=O) groups excluding carboxylic acids is 4. The number of imidazole rings is 2. The molecule has 0 saturated carbocycles. The van der Waals surface area contributed by atoms with Crippen molar-refractivity contribution in [1.82, 2.24) is 37.8 Å². The van der Waals surface area contributed by atoms with Crippen LogP contribution in [0.5, 0.6) is 11.5 Å². The highest BCUT2D eigenvalue weighted by atomic mass is 16.5. The van der Waals surface area contributed by atoms with Crippen molar-refractivity contribution in [3.8, 4) is 11.5 Å². The zero-order valence-electron chi connectivity index (χ0n) is 37.3. The van der Waals surface area contributed by atoms with E-state index >= 15 is 0 Å². The van der Waals surface area contributed by atoms with Crippen LogP contribution >= 0.6 is 0 Å². The van der Waals surface area contributed by atoms with Gasteiger partial charge in [0.1, 0.15) is 35.0 Å². The summed E-state index contributed by atoms with van der Waals surface area (Å²) in [6.45, 7) is 12.0. The highest BCUT2D eigenvalue weighted by molar-refractivity contribution is 5.99. The number of rotatable bonds is 17. The molecule has 18 nitrogen and oxygen atoms in total. The first-order valence-corrected chi connectivity index (χ1v) is 21.3. The number of primary amides is 2. The molecule has 4 heterocycles. The molecule has 0 radical (unpaired) electrons. The lowest BCUT2D eigenvalue weighted by Gasteiger charge is -2.13. The Bertz CT molecular complexity index is 3060. The standard InChI is InChI=1S/C46H54N12O6/c1-8-54-35-24-31(41(47)59)16-19-34(35)55(46(54)50-44(62)38-23-29(5)52-58(38)10-3)20-12-11-13-21-56-40-36(53(6)45(56)49-43(61)37-22-28(4)51-57(37)9-2)25-32(42(48)60)26-39(40)64-27-30-14-17-33(63-7)18-15-30/h14-19,22-26H,8-13,20-21,27H2,1-7H3,(H2,47,59)(H2,48,60)/b49-45+,50-46+. The van der Waals surface area contributed by atoms with Crippen LogP contribution in [-0.2, 0) is 46.4 Å². The third kappa shape index (κ3) is 8.89. The molecule has 4 amide bonds. The van der Waals surface area contributed by atoms with E-state index in [0.29, 0.717) is 114 Å². The monoisotopic (exact) mass is 870 g/mol. The molecule has 0 fully saturated rings. The van der Waals surface area contributed by atoms with Crippen molar-refractivity contribution in [2.45, 2.75) is 93.2 Å². The van der Waals surface area contributed by atoms with Crippen LogP contribution in [0.4, 0.5) is 0 Å². The van der Waals surface area contributed by atoms with Crippen molar-refractivity contribution in [3.63, 3.8) is 0 Å². The van der Waals surface area contributed by atoms with Gasteiger partial charge in [0, 0.05) is 50.9 Å². The van der Waals surface area contributed by atoms with Gasteiger partial charge in [-0.1, -0.05) is 12.1 Å². The number of nitrogens with zero attached hydrogens (tertiary/aromatic N) is 10. The summed E-state index contributed by atoms with van der Waals surface area (Å²) < 4.78 is 22.7. The third-order valence-electron chi connectivity index (χ3n) is 11.2.